The zero-order valence-electron chi connectivity index (χ0n) is 15.5. The summed E-state index contributed by atoms with van der Waals surface area (Å²) in [7, 11) is 2.07. The van der Waals surface area contributed by atoms with Gasteiger partial charge in [-0.1, -0.05) is 6.07 Å². The van der Waals surface area contributed by atoms with Gasteiger partial charge in [-0.15, -0.1) is 0 Å². The van der Waals surface area contributed by atoms with Crippen LogP contribution in [0.15, 0.2) is 42.7 Å². The third-order valence-electron chi connectivity index (χ3n) is 5.48. The van der Waals surface area contributed by atoms with Crippen molar-refractivity contribution in [1.29, 1.82) is 0 Å². The Hall–Kier alpha value is -3.45. The van der Waals surface area contributed by atoms with Gasteiger partial charge in [0.05, 0.1) is 16.5 Å². The summed E-state index contributed by atoms with van der Waals surface area (Å²) in [5.74, 6) is 1.69. The lowest BCUT2D eigenvalue weighted by Crippen LogP contribution is -2.32. The van der Waals surface area contributed by atoms with E-state index in [0.717, 1.165) is 55.6 Å². The van der Waals surface area contributed by atoms with Crippen molar-refractivity contribution in [1.82, 2.24) is 4.98 Å². The first-order chi connectivity index (χ1) is 13.1. The molecule has 0 spiro atoms. The number of pyridine rings is 2. The van der Waals surface area contributed by atoms with E-state index in [-0.39, 0.29) is 0 Å². The Balaban J connectivity index is 1.97. The van der Waals surface area contributed by atoms with Gasteiger partial charge in [0.25, 0.3) is 0 Å². The highest BCUT2D eigenvalue weighted by Gasteiger charge is 2.32. The second-order valence-corrected chi connectivity index (χ2v) is 7.11. The number of aryl methyl sites for hydroxylation is 3. The topological polar surface area (TPSA) is 30.4 Å². The van der Waals surface area contributed by atoms with Crippen LogP contribution in [0, 0.1) is 20.4 Å². The van der Waals surface area contributed by atoms with Gasteiger partial charge in [0, 0.05) is 28.8 Å². The van der Waals surface area contributed by atoms with E-state index in [9.17, 15) is 0 Å². The molecule has 0 saturated carbocycles. The van der Waals surface area contributed by atoms with Crippen LogP contribution < -0.4 is 9.30 Å². The first kappa shape index (κ1) is 15.8. The average Bonchev–Trinajstić information content (AvgIpc) is 2.68. The monoisotopic (exact) mass is 352 g/mol. The predicted molar refractivity (Wildman–Crippen MR) is 106 cm³/mol. The van der Waals surface area contributed by atoms with E-state index in [1.807, 2.05) is 18.3 Å². The molecule has 0 saturated heterocycles. The lowest BCUT2D eigenvalue weighted by atomic mass is 9.90. The SMILES string of the molecule is [C-]#[N+]Cc1cc2c3c([n+](C)ccc3c1)-c1c(c(C)c3ncccc3c1C)O2. The summed E-state index contributed by atoms with van der Waals surface area (Å²) < 4.78 is 8.62. The van der Waals surface area contributed by atoms with E-state index >= 15 is 0 Å². The first-order valence-corrected chi connectivity index (χ1v) is 8.94. The highest BCUT2D eigenvalue weighted by atomic mass is 16.5. The Morgan fingerprint density at radius 1 is 1.19 bits per heavy atom. The fourth-order valence-corrected chi connectivity index (χ4v) is 4.22. The second kappa shape index (κ2) is 5.52. The Bertz CT molecular complexity index is 1320. The molecule has 2 aromatic heterocycles. The van der Waals surface area contributed by atoms with Gasteiger partial charge in [0.2, 0.25) is 12.2 Å². The number of aromatic nitrogens is 2. The molecule has 5 rings (SSSR count). The average molecular weight is 352 g/mol. The summed E-state index contributed by atoms with van der Waals surface area (Å²) in [6.07, 6.45) is 3.91. The minimum absolute atomic E-state index is 0.354. The van der Waals surface area contributed by atoms with Crippen LogP contribution in [0.1, 0.15) is 16.7 Å². The normalized spacial score (nSPS) is 11.9. The number of hydrogen-bond donors (Lipinski definition) is 0. The van der Waals surface area contributed by atoms with Crippen molar-refractivity contribution >= 4 is 21.7 Å². The van der Waals surface area contributed by atoms with Crippen LogP contribution in [-0.4, -0.2) is 4.98 Å². The van der Waals surface area contributed by atoms with Crippen LogP contribution in [0.3, 0.4) is 0 Å². The second-order valence-electron chi connectivity index (χ2n) is 7.11. The molecule has 4 nitrogen and oxygen atoms in total. The molecule has 3 heterocycles. The molecule has 1 aliphatic heterocycles. The number of benzene rings is 2. The minimum atomic E-state index is 0.354. The molecule has 27 heavy (non-hydrogen) atoms. The van der Waals surface area contributed by atoms with Crippen molar-refractivity contribution in [2.45, 2.75) is 20.4 Å². The van der Waals surface area contributed by atoms with Gasteiger partial charge in [0.1, 0.15) is 18.5 Å². The standard InChI is InChI=1S/C23H18N3O/c1-13-17-6-5-8-25-21(17)14(2)23-19(13)22-20-16(7-9-26(22)4)10-15(12-24-3)11-18(20)27-23/h5-11H,12H2,1-2,4H3/q+1. The summed E-state index contributed by atoms with van der Waals surface area (Å²) in [4.78, 5) is 8.14. The lowest BCUT2D eigenvalue weighted by Gasteiger charge is -2.23. The van der Waals surface area contributed by atoms with Crippen molar-refractivity contribution < 1.29 is 9.30 Å². The van der Waals surface area contributed by atoms with Gasteiger partial charge >= 0.3 is 0 Å². The predicted octanol–water partition coefficient (Wildman–Crippen LogP) is 5.02. The molecule has 0 amide bonds. The molecular formula is C23H18N3O+. The molecule has 0 unspecified atom stereocenters. The van der Waals surface area contributed by atoms with E-state index in [2.05, 4.69) is 59.7 Å². The molecule has 0 bridgehead atoms. The number of rotatable bonds is 1. The van der Waals surface area contributed by atoms with Gasteiger partial charge in [-0.05, 0) is 43.0 Å². The number of hydrogen-bond acceptors (Lipinski definition) is 2. The van der Waals surface area contributed by atoms with E-state index in [1.54, 1.807) is 0 Å². The van der Waals surface area contributed by atoms with Gasteiger partial charge in [-0.25, -0.2) is 11.1 Å². The summed E-state index contributed by atoms with van der Waals surface area (Å²) in [5, 5.41) is 3.36. The van der Waals surface area contributed by atoms with Crippen molar-refractivity contribution in [3.05, 3.63) is 70.8 Å². The molecule has 2 aromatic carbocycles. The Kier molecular flexibility index (Phi) is 3.23. The lowest BCUT2D eigenvalue weighted by molar-refractivity contribution is -0.659. The van der Waals surface area contributed by atoms with Crippen LogP contribution >= 0.6 is 0 Å². The number of fused-ring (bicyclic) bond motifs is 3. The van der Waals surface area contributed by atoms with Crippen LogP contribution in [0.2, 0.25) is 0 Å². The molecular weight excluding hydrogens is 334 g/mol. The highest BCUT2D eigenvalue weighted by Crippen LogP contribution is 2.50. The fourth-order valence-electron chi connectivity index (χ4n) is 4.22. The van der Waals surface area contributed by atoms with Crippen molar-refractivity contribution in [2.75, 3.05) is 0 Å². The van der Waals surface area contributed by atoms with Crippen LogP contribution in [0.25, 0.3) is 37.8 Å². The molecule has 1 aliphatic rings. The molecule has 0 fully saturated rings. The molecule has 4 aromatic rings. The summed E-state index contributed by atoms with van der Waals surface area (Å²) in [6.45, 7) is 11.8. The van der Waals surface area contributed by atoms with E-state index in [0.29, 0.717) is 6.54 Å². The van der Waals surface area contributed by atoms with Crippen LogP contribution in [0.5, 0.6) is 11.5 Å². The summed E-state index contributed by atoms with van der Waals surface area (Å²) >= 11 is 0. The van der Waals surface area contributed by atoms with Gasteiger partial charge in [-0.2, -0.15) is 0 Å². The van der Waals surface area contributed by atoms with Gasteiger partial charge < -0.3 is 9.58 Å². The first-order valence-electron chi connectivity index (χ1n) is 8.94. The zero-order chi connectivity index (χ0) is 18.7. The fraction of sp³-hybridized carbons (Fsp3) is 0.174. The molecule has 0 atom stereocenters. The van der Waals surface area contributed by atoms with E-state index in [1.165, 1.54) is 5.56 Å². The number of nitrogens with zero attached hydrogens (tertiary/aromatic N) is 3. The maximum atomic E-state index is 7.21. The van der Waals surface area contributed by atoms with Gasteiger partial charge in [0.15, 0.2) is 6.20 Å². The number of ether oxygens (including phenoxy) is 1. The minimum Gasteiger partial charge on any atom is -0.455 e. The Labute approximate surface area is 157 Å². The third kappa shape index (κ3) is 2.09. The summed E-state index contributed by atoms with van der Waals surface area (Å²) in [6, 6.07) is 10.3. The highest BCUT2D eigenvalue weighted by molar-refractivity contribution is 6.05. The third-order valence-corrected chi connectivity index (χ3v) is 5.48. The van der Waals surface area contributed by atoms with Crippen molar-refractivity contribution in [3.8, 4) is 22.8 Å². The molecule has 130 valence electrons. The molecule has 0 radical (unpaired) electrons. The molecule has 4 heteroatoms. The Morgan fingerprint density at radius 3 is 2.85 bits per heavy atom. The smallest absolute Gasteiger partial charge is 0.239 e. The van der Waals surface area contributed by atoms with Crippen LogP contribution in [0.4, 0.5) is 0 Å². The largest absolute Gasteiger partial charge is 0.455 e. The van der Waals surface area contributed by atoms with Crippen molar-refractivity contribution in [3.63, 3.8) is 0 Å². The summed E-state index contributed by atoms with van der Waals surface area (Å²) in [5.41, 5.74) is 6.46. The maximum Gasteiger partial charge on any atom is 0.239 e. The van der Waals surface area contributed by atoms with Crippen molar-refractivity contribution in [2.24, 2.45) is 7.05 Å². The maximum absolute atomic E-state index is 7.21. The van der Waals surface area contributed by atoms with Crippen LogP contribution in [-0.2, 0) is 13.6 Å². The van der Waals surface area contributed by atoms with E-state index in [4.69, 9.17) is 11.3 Å². The van der Waals surface area contributed by atoms with Gasteiger partial charge in [-0.3, -0.25) is 4.98 Å². The molecule has 0 N–H and O–H groups in total. The quantitative estimate of drug-likeness (QED) is 0.313. The Morgan fingerprint density at radius 2 is 2.04 bits per heavy atom. The zero-order valence-corrected chi connectivity index (χ0v) is 15.5. The van der Waals surface area contributed by atoms with E-state index < -0.39 is 0 Å². The molecule has 0 aliphatic carbocycles.